The molecule has 0 saturated carbocycles. The molecule has 0 bridgehead atoms. The molecule has 5 nitrogen and oxygen atoms in total. The Kier molecular flexibility index (Phi) is 8.12. The van der Waals surface area contributed by atoms with E-state index in [2.05, 4.69) is 10.6 Å². The van der Waals surface area contributed by atoms with Crippen molar-refractivity contribution in [3.8, 4) is 0 Å². The zero-order chi connectivity index (χ0) is 13.3. The number of hydrogen-bond acceptors (Lipinski definition) is 4. The lowest BCUT2D eigenvalue weighted by Gasteiger charge is -2.25. The molecule has 102 valence electrons. The Labute approximate surface area is 104 Å². The normalized spacial score (nSPS) is 13.5. The lowest BCUT2D eigenvalue weighted by Crippen LogP contribution is -2.45. The van der Waals surface area contributed by atoms with Crippen LogP contribution in [0.5, 0.6) is 0 Å². The molecule has 1 atom stereocenters. The number of rotatable bonds is 9. The maximum absolute atomic E-state index is 11.5. The van der Waals surface area contributed by atoms with Gasteiger partial charge in [-0.15, -0.1) is 0 Å². The molecule has 17 heavy (non-hydrogen) atoms. The van der Waals surface area contributed by atoms with Crippen LogP contribution in [0.4, 0.5) is 0 Å². The van der Waals surface area contributed by atoms with Gasteiger partial charge in [0.1, 0.15) is 0 Å². The molecule has 1 unspecified atom stereocenters. The van der Waals surface area contributed by atoms with E-state index in [4.69, 9.17) is 9.47 Å². The van der Waals surface area contributed by atoms with Gasteiger partial charge in [-0.1, -0.05) is 0 Å². The van der Waals surface area contributed by atoms with Gasteiger partial charge in [-0.3, -0.25) is 4.79 Å². The van der Waals surface area contributed by atoms with Crippen LogP contribution in [-0.4, -0.2) is 51.0 Å². The molecular weight excluding hydrogens is 220 g/mol. The largest absolute Gasteiger partial charge is 0.383 e. The van der Waals surface area contributed by atoms with Crippen LogP contribution in [0.15, 0.2) is 0 Å². The van der Waals surface area contributed by atoms with Gasteiger partial charge in [0.05, 0.1) is 18.8 Å². The fourth-order valence-electron chi connectivity index (χ4n) is 1.54. The van der Waals surface area contributed by atoms with Crippen molar-refractivity contribution < 1.29 is 14.3 Å². The van der Waals surface area contributed by atoms with Gasteiger partial charge in [-0.25, -0.2) is 0 Å². The first-order chi connectivity index (χ1) is 7.91. The molecule has 0 aromatic heterocycles. The third-order valence-corrected chi connectivity index (χ3v) is 2.20. The molecule has 0 aliphatic rings. The second-order valence-corrected chi connectivity index (χ2v) is 4.72. The molecule has 0 fully saturated rings. The summed E-state index contributed by atoms with van der Waals surface area (Å²) < 4.78 is 10.5. The number of carbonyl (C=O) groups is 1. The average molecular weight is 246 g/mol. The Morgan fingerprint density at radius 3 is 2.59 bits per heavy atom. The molecule has 5 heteroatoms. The minimum absolute atomic E-state index is 0.0261. The van der Waals surface area contributed by atoms with Crippen molar-refractivity contribution in [1.82, 2.24) is 10.6 Å². The summed E-state index contributed by atoms with van der Waals surface area (Å²) in [5, 5.41) is 5.91. The van der Waals surface area contributed by atoms with Gasteiger partial charge < -0.3 is 20.1 Å². The quantitative estimate of drug-likeness (QED) is 0.623. The minimum Gasteiger partial charge on any atom is -0.383 e. The first-order valence-corrected chi connectivity index (χ1v) is 6.04. The van der Waals surface area contributed by atoms with Crippen LogP contribution in [0.25, 0.3) is 0 Å². The molecule has 0 aromatic carbocycles. The Morgan fingerprint density at radius 1 is 1.41 bits per heavy atom. The summed E-state index contributed by atoms with van der Waals surface area (Å²) in [5.41, 5.74) is -0.243. The number of amides is 1. The van der Waals surface area contributed by atoms with Crippen molar-refractivity contribution in [3.05, 3.63) is 0 Å². The molecule has 2 N–H and O–H groups in total. The zero-order valence-electron chi connectivity index (χ0n) is 11.6. The Balaban J connectivity index is 3.70. The van der Waals surface area contributed by atoms with Crippen molar-refractivity contribution >= 4 is 5.91 Å². The fraction of sp³-hybridized carbons (Fsp3) is 0.917. The second kappa shape index (κ2) is 8.44. The molecule has 0 rings (SSSR count). The van der Waals surface area contributed by atoms with E-state index < -0.39 is 0 Å². The van der Waals surface area contributed by atoms with E-state index in [-0.39, 0.29) is 17.6 Å². The van der Waals surface area contributed by atoms with Gasteiger partial charge in [-0.05, 0) is 27.7 Å². The maximum atomic E-state index is 11.5. The van der Waals surface area contributed by atoms with E-state index in [0.29, 0.717) is 26.3 Å². The van der Waals surface area contributed by atoms with Crippen LogP contribution in [0.2, 0.25) is 0 Å². The molecule has 0 aliphatic heterocycles. The van der Waals surface area contributed by atoms with Gasteiger partial charge >= 0.3 is 0 Å². The summed E-state index contributed by atoms with van der Waals surface area (Å²) in [4.78, 5) is 11.5. The van der Waals surface area contributed by atoms with E-state index in [1.807, 2.05) is 27.7 Å². The summed E-state index contributed by atoms with van der Waals surface area (Å²) in [6, 6.07) is 0.0363. The third-order valence-electron chi connectivity index (χ3n) is 2.20. The first kappa shape index (κ1) is 16.4. The smallest absolute Gasteiger partial charge is 0.234 e. The number of hydrogen-bond donors (Lipinski definition) is 2. The second-order valence-electron chi connectivity index (χ2n) is 4.72. The van der Waals surface area contributed by atoms with Crippen LogP contribution >= 0.6 is 0 Å². The average Bonchev–Trinajstić information content (AvgIpc) is 2.16. The highest BCUT2D eigenvalue weighted by Crippen LogP contribution is 2.06. The van der Waals surface area contributed by atoms with Gasteiger partial charge in [-0.2, -0.15) is 0 Å². The Bertz CT molecular complexity index is 220. The van der Waals surface area contributed by atoms with Gasteiger partial charge in [0.2, 0.25) is 5.91 Å². The lowest BCUT2D eigenvalue weighted by molar-refractivity contribution is -0.121. The Morgan fingerprint density at radius 2 is 2.06 bits per heavy atom. The van der Waals surface area contributed by atoms with E-state index in [0.717, 1.165) is 0 Å². The topological polar surface area (TPSA) is 59.6 Å². The molecule has 0 heterocycles. The molecule has 1 amide bonds. The van der Waals surface area contributed by atoms with Gasteiger partial charge in [0.15, 0.2) is 0 Å². The number of ether oxygens (including phenoxy) is 2. The van der Waals surface area contributed by atoms with Crippen LogP contribution in [0.1, 0.15) is 27.7 Å². The van der Waals surface area contributed by atoms with Crippen LogP contribution in [0, 0.1) is 0 Å². The van der Waals surface area contributed by atoms with Crippen molar-refractivity contribution in [2.45, 2.75) is 39.3 Å². The maximum Gasteiger partial charge on any atom is 0.234 e. The van der Waals surface area contributed by atoms with E-state index in [1.165, 1.54) is 0 Å². The van der Waals surface area contributed by atoms with E-state index in [9.17, 15) is 4.79 Å². The highest BCUT2D eigenvalue weighted by atomic mass is 16.5. The summed E-state index contributed by atoms with van der Waals surface area (Å²) in [6.45, 7) is 10.00. The summed E-state index contributed by atoms with van der Waals surface area (Å²) in [6.07, 6.45) is 0. The number of carbonyl (C=O) groups excluding carboxylic acids is 1. The minimum atomic E-state index is -0.243. The predicted molar refractivity (Wildman–Crippen MR) is 68.1 cm³/mol. The molecule has 0 aromatic rings. The highest BCUT2D eigenvalue weighted by molar-refractivity contribution is 5.78. The predicted octanol–water partition coefficient (Wildman–Crippen LogP) is 0.542. The highest BCUT2D eigenvalue weighted by Gasteiger charge is 2.17. The zero-order valence-corrected chi connectivity index (χ0v) is 11.6. The molecule has 0 spiro atoms. The summed E-state index contributed by atoms with van der Waals surface area (Å²) in [5.74, 6) is -0.0261. The Hall–Kier alpha value is -0.650. The third kappa shape index (κ3) is 9.09. The fourth-order valence-corrected chi connectivity index (χ4v) is 1.54. The summed E-state index contributed by atoms with van der Waals surface area (Å²) in [7, 11) is 1.62. The van der Waals surface area contributed by atoms with Crippen LogP contribution in [-0.2, 0) is 14.3 Å². The molecule has 0 aliphatic carbocycles. The van der Waals surface area contributed by atoms with Gasteiger partial charge in [0, 0.05) is 26.3 Å². The number of methoxy groups -OCH3 is 1. The van der Waals surface area contributed by atoms with Crippen molar-refractivity contribution in [2.75, 3.05) is 33.4 Å². The number of nitrogens with one attached hydrogen (secondary N) is 2. The lowest BCUT2D eigenvalue weighted by atomic mass is 10.1. The monoisotopic (exact) mass is 246 g/mol. The van der Waals surface area contributed by atoms with Crippen molar-refractivity contribution in [1.29, 1.82) is 0 Å². The first-order valence-electron chi connectivity index (χ1n) is 6.04. The van der Waals surface area contributed by atoms with Crippen molar-refractivity contribution in [2.24, 2.45) is 0 Å². The molecular formula is C12H26N2O3. The molecule has 0 saturated heterocycles. The van der Waals surface area contributed by atoms with E-state index >= 15 is 0 Å². The van der Waals surface area contributed by atoms with Gasteiger partial charge in [0.25, 0.3) is 0 Å². The van der Waals surface area contributed by atoms with Crippen molar-refractivity contribution in [3.63, 3.8) is 0 Å². The van der Waals surface area contributed by atoms with E-state index in [1.54, 1.807) is 7.11 Å². The van der Waals surface area contributed by atoms with Crippen LogP contribution < -0.4 is 10.6 Å². The van der Waals surface area contributed by atoms with Crippen LogP contribution in [0.3, 0.4) is 0 Å². The molecule has 0 radical (unpaired) electrons. The standard InChI is InChI=1S/C12H26N2O3/c1-6-17-12(3,4)9-13-7-11(15)14-10(2)8-16-5/h10,13H,6-9H2,1-5H3,(H,14,15). The summed E-state index contributed by atoms with van der Waals surface area (Å²) >= 11 is 0. The SMILES string of the molecule is CCOC(C)(C)CNCC(=O)NC(C)COC.